The zero-order valence-electron chi connectivity index (χ0n) is 20.3. The fourth-order valence-corrected chi connectivity index (χ4v) is 4.26. The number of aliphatic imine (C=N–C) groups is 1. The molecule has 180 valence electrons. The summed E-state index contributed by atoms with van der Waals surface area (Å²) < 4.78 is 0. The number of nitrogens with two attached hydrogens (primary N) is 1. The third-order valence-electron chi connectivity index (χ3n) is 6.34. The zero-order chi connectivity index (χ0) is 24.8. The van der Waals surface area contributed by atoms with E-state index < -0.39 is 0 Å². The minimum Gasteiger partial charge on any atom is -0.494 e. The van der Waals surface area contributed by atoms with Gasteiger partial charge in [0.25, 0.3) is 0 Å². The van der Waals surface area contributed by atoms with Gasteiger partial charge in [-0.1, -0.05) is 50.2 Å². The third kappa shape index (κ3) is 5.78. The van der Waals surface area contributed by atoms with E-state index >= 15 is 0 Å². The Hall–Kier alpha value is -3.90. The second-order valence-electron chi connectivity index (χ2n) is 8.66. The van der Waals surface area contributed by atoms with Gasteiger partial charge in [-0.15, -0.1) is 0 Å². The summed E-state index contributed by atoms with van der Waals surface area (Å²) >= 11 is 0. The van der Waals surface area contributed by atoms with Crippen molar-refractivity contribution in [3.8, 4) is 5.88 Å². The molecule has 0 fully saturated rings. The van der Waals surface area contributed by atoms with E-state index in [2.05, 4.69) is 40.9 Å². The molecule has 0 unspecified atom stereocenters. The summed E-state index contributed by atoms with van der Waals surface area (Å²) in [5, 5.41) is 11.3. The van der Waals surface area contributed by atoms with Crippen LogP contribution >= 0.6 is 0 Å². The quantitative estimate of drug-likeness (QED) is 0.158. The number of nitrogens with zero attached hydrogens (tertiary/aromatic N) is 2. The first-order valence-corrected chi connectivity index (χ1v) is 12.1. The Morgan fingerprint density at radius 2 is 1.77 bits per heavy atom. The highest BCUT2D eigenvalue weighted by Crippen LogP contribution is 2.28. The number of H-pyrrole nitrogens is 1. The average Bonchev–Trinajstić information content (AvgIpc) is 3.19. The van der Waals surface area contributed by atoms with Gasteiger partial charge in [-0.3, -0.25) is 9.79 Å². The monoisotopic (exact) mass is 468 g/mol. The van der Waals surface area contributed by atoms with Crippen LogP contribution < -0.4 is 5.73 Å². The Balaban J connectivity index is 1.47. The van der Waals surface area contributed by atoms with E-state index in [1.54, 1.807) is 42.6 Å². The molecule has 6 heteroatoms. The van der Waals surface area contributed by atoms with Gasteiger partial charge in [0.05, 0.1) is 11.3 Å². The SMILES string of the molecule is CCN(CC)CCCc1ccc(N=Cc2c(O)[nH]c3cc(C(=O)c4cccc(N)c4)ccc23)cc1. The van der Waals surface area contributed by atoms with Gasteiger partial charge in [-0.25, -0.2) is 0 Å². The van der Waals surface area contributed by atoms with Gasteiger partial charge >= 0.3 is 0 Å². The van der Waals surface area contributed by atoms with Crippen molar-refractivity contribution in [2.75, 3.05) is 25.4 Å². The number of hydrogen-bond donors (Lipinski definition) is 3. The van der Waals surface area contributed by atoms with E-state index in [0.717, 1.165) is 43.5 Å². The highest BCUT2D eigenvalue weighted by molar-refractivity contribution is 6.12. The van der Waals surface area contributed by atoms with E-state index in [9.17, 15) is 9.90 Å². The van der Waals surface area contributed by atoms with Gasteiger partial charge in [0, 0.05) is 33.9 Å². The number of carbonyl (C=O) groups is 1. The predicted molar refractivity (Wildman–Crippen MR) is 144 cm³/mol. The van der Waals surface area contributed by atoms with Crippen molar-refractivity contribution in [2.24, 2.45) is 4.99 Å². The van der Waals surface area contributed by atoms with E-state index in [-0.39, 0.29) is 11.7 Å². The Morgan fingerprint density at radius 3 is 2.49 bits per heavy atom. The number of aromatic amines is 1. The number of benzene rings is 3. The van der Waals surface area contributed by atoms with Crippen LogP contribution in [0.1, 0.15) is 47.3 Å². The second-order valence-corrected chi connectivity index (χ2v) is 8.66. The molecule has 4 N–H and O–H groups in total. The number of aromatic hydroxyl groups is 1. The Labute approximate surface area is 206 Å². The number of hydrogen-bond acceptors (Lipinski definition) is 5. The molecule has 0 radical (unpaired) electrons. The van der Waals surface area contributed by atoms with Crippen molar-refractivity contribution in [3.63, 3.8) is 0 Å². The molecule has 3 aromatic carbocycles. The molecular formula is C29H32N4O2. The van der Waals surface area contributed by atoms with Crippen molar-refractivity contribution < 1.29 is 9.90 Å². The van der Waals surface area contributed by atoms with Gasteiger partial charge in [0.2, 0.25) is 0 Å². The van der Waals surface area contributed by atoms with Crippen LogP contribution in [-0.2, 0) is 6.42 Å². The Bertz CT molecular complexity index is 1330. The fraction of sp³-hybridized carbons (Fsp3) is 0.241. The Morgan fingerprint density at radius 1 is 1.03 bits per heavy atom. The van der Waals surface area contributed by atoms with Crippen molar-refractivity contribution in [1.82, 2.24) is 9.88 Å². The van der Waals surface area contributed by atoms with Crippen LogP contribution in [0.5, 0.6) is 5.88 Å². The van der Waals surface area contributed by atoms with E-state index in [4.69, 9.17) is 5.73 Å². The van der Waals surface area contributed by atoms with Crippen LogP contribution in [0.2, 0.25) is 0 Å². The van der Waals surface area contributed by atoms with Gasteiger partial charge < -0.3 is 20.7 Å². The predicted octanol–water partition coefficient (Wildman–Crippen LogP) is 5.71. The topological polar surface area (TPSA) is 94.7 Å². The molecule has 35 heavy (non-hydrogen) atoms. The number of anilines is 1. The van der Waals surface area contributed by atoms with Gasteiger partial charge in [0.1, 0.15) is 0 Å². The molecule has 0 aliphatic rings. The number of aryl methyl sites for hydroxylation is 1. The average molecular weight is 469 g/mol. The van der Waals surface area contributed by atoms with Crippen LogP contribution in [0.3, 0.4) is 0 Å². The summed E-state index contributed by atoms with van der Waals surface area (Å²) in [7, 11) is 0. The summed E-state index contributed by atoms with van der Waals surface area (Å²) in [6.07, 6.45) is 3.83. The molecule has 0 aliphatic heterocycles. The van der Waals surface area contributed by atoms with E-state index in [1.807, 2.05) is 18.2 Å². The first-order chi connectivity index (χ1) is 17.0. The normalized spacial score (nSPS) is 11.6. The highest BCUT2D eigenvalue weighted by Gasteiger charge is 2.14. The lowest BCUT2D eigenvalue weighted by Gasteiger charge is -2.17. The molecule has 1 aromatic heterocycles. The van der Waals surface area contributed by atoms with Crippen LogP contribution in [0.15, 0.2) is 71.7 Å². The maximum Gasteiger partial charge on any atom is 0.198 e. The molecular weight excluding hydrogens is 436 g/mol. The van der Waals surface area contributed by atoms with Crippen molar-refractivity contribution in [1.29, 1.82) is 0 Å². The van der Waals surface area contributed by atoms with Crippen molar-refractivity contribution >= 4 is 34.3 Å². The number of nitrogen functional groups attached to an aromatic ring is 1. The lowest BCUT2D eigenvalue weighted by Crippen LogP contribution is -2.24. The molecule has 0 aliphatic carbocycles. The summed E-state index contributed by atoms with van der Waals surface area (Å²) in [6, 6.07) is 20.4. The molecule has 0 bridgehead atoms. The van der Waals surface area contributed by atoms with Crippen LogP contribution in [0.4, 0.5) is 11.4 Å². The number of ketones is 1. The number of rotatable bonds is 10. The van der Waals surface area contributed by atoms with Crippen molar-refractivity contribution in [3.05, 3.63) is 89.0 Å². The number of aromatic nitrogens is 1. The summed E-state index contributed by atoms with van der Waals surface area (Å²) in [4.78, 5) is 22.8. The minimum atomic E-state index is -0.124. The third-order valence-corrected chi connectivity index (χ3v) is 6.34. The largest absolute Gasteiger partial charge is 0.494 e. The highest BCUT2D eigenvalue weighted by atomic mass is 16.3. The lowest BCUT2D eigenvalue weighted by atomic mass is 10.0. The second kappa shape index (κ2) is 11.0. The smallest absolute Gasteiger partial charge is 0.198 e. The molecule has 1 heterocycles. The van der Waals surface area contributed by atoms with Crippen molar-refractivity contribution in [2.45, 2.75) is 26.7 Å². The fourth-order valence-electron chi connectivity index (χ4n) is 4.26. The minimum absolute atomic E-state index is 0.0188. The first kappa shape index (κ1) is 24.2. The maximum absolute atomic E-state index is 12.8. The number of carbonyl (C=O) groups excluding carboxylic acids is 1. The summed E-state index contributed by atoms with van der Waals surface area (Å²) in [6.45, 7) is 7.68. The molecule has 0 saturated carbocycles. The number of fused-ring (bicyclic) bond motifs is 1. The Kier molecular flexibility index (Phi) is 7.63. The van der Waals surface area contributed by atoms with Gasteiger partial charge in [-0.2, -0.15) is 0 Å². The molecule has 4 aromatic rings. The molecule has 0 atom stereocenters. The van der Waals surface area contributed by atoms with E-state index in [0.29, 0.717) is 27.9 Å². The van der Waals surface area contributed by atoms with Crippen LogP contribution in [0.25, 0.3) is 10.9 Å². The molecule has 0 spiro atoms. The van der Waals surface area contributed by atoms with Crippen LogP contribution in [-0.4, -0.2) is 46.6 Å². The maximum atomic E-state index is 12.8. The first-order valence-electron chi connectivity index (χ1n) is 12.1. The van der Waals surface area contributed by atoms with Gasteiger partial charge in [-0.05, 0) is 68.4 Å². The lowest BCUT2D eigenvalue weighted by molar-refractivity contribution is 0.103. The molecule has 0 amide bonds. The standard InChI is InChI=1S/C29H32N4O2/c1-3-33(4-2)16-6-7-20-10-13-24(14-11-20)31-19-26-25-15-12-22(18-27(25)32-29(26)35)28(34)21-8-5-9-23(30)17-21/h5,8-15,17-19,32,35H,3-4,6-7,16,30H2,1-2H3. The zero-order valence-corrected chi connectivity index (χ0v) is 20.3. The molecule has 6 nitrogen and oxygen atoms in total. The summed E-state index contributed by atoms with van der Waals surface area (Å²) in [5.41, 5.74) is 10.8. The van der Waals surface area contributed by atoms with Crippen LogP contribution in [0, 0.1) is 0 Å². The molecule has 4 rings (SSSR count). The molecule has 0 saturated heterocycles. The number of nitrogens with one attached hydrogen (secondary N) is 1. The van der Waals surface area contributed by atoms with Gasteiger partial charge in [0.15, 0.2) is 11.7 Å². The van der Waals surface area contributed by atoms with E-state index in [1.165, 1.54) is 5.56 Å². The summed E-state index contributed by atoms with van der Waals surface area (Å²) in [5.74, 6) is -0.106.